The van der Waals surface area contributed by atoms with Crippen LogP contribution in [-0.2, 0) is 12.8 Å². The summed E-state index contributed by atoms with van der Waals surface area (Å²) < 4.78 is 35.1. The van der Waals surface area contributed by atoms with Crippen LogP contribution < -0.4 is 14.9 Å². The highest BCUT2D eigenvalue weighted by Gasteiger charge is 2.43. The maximum absolute atomic E-state index is 13.1. The summed E-state index contributed by atoms with van der Waals surface area (Å²) in [4.78, 5) is 15.8. The van der Waals surface area contributed by atoms with Gasteiger partial charge in [0, 0.05) is 22.7 Å². The first-order chi connectivity index (χ1) is 10.0. The van der Waals surface area contributed by atoms with Gasteiger partial charge in [0.1, 0.15) is 0 Å². The lowest BCUT2D eigenvalue weighted by Crippen LogP contribution is -2.25. The lowest BCUT2D eigenvalue weighted by molar-refractivity contribution is -0.286. The minimum atomic E-state index is -3.67. The molecule has 1 aromatic carbocycles. The number of fused-ring (bicyclic) bond motifs is 3. The molecule has 4 rings (SSSR count). The van der Waals surface area contributed by atoms with Crippen molar-refractivity contribution in [1.29, 1.82) is 0 Å². The zero-order valence-electron chi connectivity index (χ0n) is 11.2. The van der Waals surface area contributed by atoms with Crippen LogP contribution in [0.15, 0.2) is 16.9 Å². The topological polar surface area (TPSA) is 51.3 Å². The molecule has 0 unspecified atom stereocenters. The number of halogens is 2. The Kier molecular flexibility index (Phi) is 2.52. The van der Waals surface area contributed by atoms with E-state index in [-0.39, 0.29) is 16.9 Å². The van der Waals surface area contributed by atoms with Gasteiger partial charge in [-0.3, -0.25) is 4.79 Å². The van der Waals surface area contributed by atoms with Crippen molar-refractivity contribution in [2.75, 3.05) is 0 Å². The van der Waals surface area contributed by atoms with Crippen LogP contribution in [0.5, 0.6) is 11.5 Å². The van der Waals surface area contributed by atoms with Crippen LogP contribution in [0.3, 0.4) is 0 Å². The van der Waals surface area contributed by atoms with Crippen molar-refractivity contribution in [3.63, 3.8) is 0 Å². The van der Waals surface area contributed by atoms with E-state index in [1.807, 2.05) is 0 Å². The summed E-state index contributed by atoms with van der Waals surface area (Å²) in [5.41, 5.74) is 2.10. The molecule has 1 aliphatic carbocycles. The Labute approximate surface area is 118 Å². The zero-order chi connectivity index (χ0) is 14.6. The molecule has 2 aliphatic rings. The maximum atomic E-state index is 13.1. The highest BCUT2D eigenvalue weighted by atomic mass is 19.3. The highest BCUT2D eigenvalue weighted by molar-refractivity contribution is 5.83. The molecule has 0 bridgehead atoms. The third-order valence-corrected chi connectivity index (χ3v) is 4.06. The second-order valence-corrected chi connectivity index (χ2v) is 5.48. The molecule has 1 N–H and O–H groups in total. The van der Waals surface area contributed by atoms with E-state index in [0.717, 1.165) is 43.4 Å². The molecule has 21 heavy (non-hydrogen) atoms. The van der Waals surface area contributed by atoms with E-state index in [2.05, 4.69) is 14.5 Å². The zero-order valence-corrected chi connectivity index (χ0v) is 11.2. The van der Waals surface area contributed by atoms with E-state index in [4.69, 9.17) is 0 Å². The number of hydrogen-bond acceptors (Lipinski definition) is 3. The average Bonchev–Trinajstić information content (AvgIpc) is 2.59. The summed E-state index contributed by atoms with van der Waals surface area (Å²) in [7, 11) is 0. The Morgan fingerprint density at radius 1 is 1.05 bits per heavy atom. The first-order valence-corrected chi connectivity index (χ1v) is 7.01. The quantitative estimate of drug-likeness (QED) is 0.759. The van der Waals surface area contributed by atoms with Crippen molar-refractivity contribution >= 4 is 10.9 Å². The fraction of sp³-hybridized carbons (Fsp3) is 0.400. The third kappa shape index (κ3) is 1.97. The molecule has 0 saturated heterocycles. The van der Waals surface area contributed by atoms with Crippen molar-refractivity contribution in [3.8, 4) is 11.5 Å². The van der Waals surface area contributed by atoms with Gasteiger partial charge < -0.3 is 14.5 Å². The molecule has 6 heteroatoms. The van der Waals surface area contributed by atoms with E-state index in [1.165, 1.54) is 12.1 Å². The minimum Gasteiger partial charge on any atom is -0.395 e. The van der Waals surface area contributed by atoms with Crippen molar-refractivity contribution in [2.45, 2.75) is 38.4 Å². The van der Waals surface area contributed by atoms with E-state index in [9.17, 15) is 13.6 Å². The molecule has 0 radical (unpaired) electrons. The summed E-state index contributed by atoms with van der Waals surface area (Å²) in [6.45, 7) is 0. The summed E-state index contributed by atoms with van der Waals surface area (Å²) in [6.07, 6.45) is 0.963. The van der Waals surface area contributed by atoms with Gasteiger partial charge in [-0.15, -0.1) is 8.78 Å². The molecule has 2 aromatic rings. The molecule has 0 fully saturated rings. The number of hydrogen-bond donors (Lipinski definition) is 1. The van der Waals surface area contributed by atoms with E-state index in [1.54, 1.807) is 0 Å². The summed E-state index contributed by atoms with van der Waals surface area (Å²) in [5, 5.41) is 0.371. The molecule has 0 amide bonds. The number of benzene rings is 1. The summed E-state index contributed by atoms with van der Waals surface area (Å²) >= 11 is 0. The number of H-pyrrole nitrogens is 1. The number of pyridine rings is 1. The fourth-order valence-electron chi connectivity index (χ4n) is 3.08. The summed E-state index contributed by atoms with van der Waals surface area (Å²) in [5.74, 6) is -0.136. The number of rotatable bonds is 0. The third-order valence-electron chi connectivity index (χ3n) is 4.06. The molecule has 1 aliphatic heterocycles. The number of ether oxygens (including phenoxy) is 2. The van der Waals surface area contributed by atoms with Crippen LogP contribution in [-0.4, -0.2) is 11.3 Å². The van der Waals surface area contributed by atoms with Crippen molar-refractivity contribution in [2.24, 2.45) is 0 Å². The van der Waals surface area contributed by atoms with Crippen LogP contribution in [0.25, 0.3) is 10.9 Å². The molecule has 1 aromatic heterocycles. The Morgan fingerprint density at radius 2 is 1.76 bits per heavy atom. The molecular formula is C15H13F2NO3. The number of nitrogens with one attached hydrogen (secondary N) is 1. The molecule has 2 heterocycles. The SMILES string of the molecule is O=c1c2c([nH]c3cc4c(cc13)OC(F)(F)O4)CCCCC2. The van der Waals surface area contributed by atoms with Crippen LogP contribution in [0.1, 0.15) is 30.5 Å². The number of aryl methyl sites for hydroxylation is 1. The number of alkyl halides is 2. The van der Waals surface area contributed by atoms with Crippen molar-refractivity contribution < 1.29 is 18.3 Å². The highest BCUT2D eigenvalue weighted by Crippen LogP contribution is 2.42. The summed E-state index contributed by atoms with van der Waals surface area (Å²) in [6, 6.07) is 2.76. The Balaban J connectivity index is 1.96. The Bertz CT molecular complexity index is 798. The van der Waals surface area contributed by atoms with Gasteiger partial charge in [-0.2, -0.15) is 0 Å². The van der Waals surface area contributed by atoms with Crippen LogP contribution in [0.4, 0.5) is 8.78 Å². The predicted molar refractivity (Wildman–Crippen MR) is 72.0 cm³/mol. The van der Waals surface area contributed by atoms with Crippen LogP contribution in [0, 0.1) is 0 Å². The van der Waals surface area contributed by atoms with Gasteiger partial charge in [-0.1, -0.05) is 6.42 Å². The molecule has 0 atom stereocenters. The first-order valence-electron chi connectivity index (χ1n) is 7.01. The standard InChI is InChI=1S/C15H13F2NO3/c16-15(17)20-12-6-9-11(7-13(12)21-15)18-10-5-3-1-2-4-8(10)14(9)19/h6-7H,1-5H2,(H,18,19). The van der Waals surface area contributed by atoms with Crippen molar-refractivity contribution in [3.05, 3.63) is 33.6 Å². The molecule has 0 saturated carbocycles. The monoisotopic (exact) mass is 293 g/mol. The Morgan fingerprint density at radius 3 is 2.57 bits per heavy atom. The van der Waals surface area contributed by atoms with Gasteiger partial charge in [-0.25, -0.2) is 0 Å². The van der Waals surface area contributed by atoms with Gasteiger partial charge in [0.25, 0.3) is 0 Å². The predicted octanol–water partition coefficient (Wildman–Crippen LogP) is 3.12. The molecular weight excluding hydrogens is 280 g/mol. The minimum absolute atomic E-state index is 0.0447. The lowest BCUT2D eigenvalue weighted by Gasteiger charge is -2.08. The van der Waals surface area contributed by atoms with Gasteiger partial charge >= 0.3 is 6.29 Å². The normalized spacial score (nSPS) is 19.3. The second-order valence-electron chi connectivity index (χ2n) is 5.48. The number of aromatic amines is 1. The maximum Gasteiger partial charge on any atom is 0.586 e. The first kappa shape index (κ1) is 12.6. The van der Waals surface area contributed by atoms with Gasteiger partial charge in [-0.05, 0) is 31.7 Å². The van der Waals surface area contributed by atoms with Crippen molar-refractivity contribution in [1.82, 2.24) is 4.98 Å². The average molecular weight is 293 g/mol. The largest absolute Gasteiger partial charge is 0.586 e. The fourth-order valence-corrected chi connectivity index (χ4v) is 3.08. The van der Waals surface area contributed by atoms with Gasteiger partial charge in [0.2, 0.25) is 0 Å². The molecule has 0 spiro atoms. The van der Waals surface area contributed by atoms with Gasteiger partial charge in [0.15, 0.2) is 16.9 Å². The van der Waals surface area contributed by atoms with Crippen LogP contribution in [0.2, 0.25) is 0 Å². The number of aromatic nitrogens is 1. The molecule has 110 valence electrons. The van der Waals surface area contributed by atoms with E-state index < -0.39 is 6.29 Å². The van der Waals surface area contributed by atoms with Crippen LogP contribution >= 0.6 is 0 Å². The Hall–Kier alpha value is -2.11. The van der Waals surface area contributed by atoms with E-state index in [0.29, 0.717) is 10.9 Å². The molecule has 4 nitrogen and oxygen atoms in total. The lowest BCUT2D eigenvalue weighted by atomic mass is 10.0. The van der Waals surface area contributed by atoms with Gasteiger partial charge in [0.05, 0.1) is 5.52 Å². The van der Waals surface area contributed by atoms with E-state index >= 15 is 0 Å². The second kappa shape index (κ2) is 4.19. The smallest absolute Gasteiger partial charge is 0.395 e.